The van der Waals surface area contributed by atoms with Crippen molar-refractivity contribution >= 4 is 53.2 Å². The second-order valence-electron chi connectivity index (χ2n) is 24.0. The Bertz CT molecular complexity index is 2990. The van der Waals surface area contributed by atoms with Crippen molar-refractivity contribution < 1.29 is 59.7 Å². The Hall–Kier alpha value is -7.01. The molecule has 8 rings (SSSR count). The molecule has 4 aromatic carbocycles. The minimum atomic E-state index is -1.21. The van der Waals surface area contributed by atoms with Crippen molar-refractivity contribution in [1.82, 2.24) is 9.80 Å². The van der Waals surface area contributed by atoms with Crippen LogP contribution in [-0.4, -0.2) is 141 Å². The molecule has 16 heteroatoms. The van der Waals surface area contributed by atoms with Gasteiger partial charge in [0.25, 0.3) is 0 Å². The zero-order valence-electron chi connectivity index (χ0n) is 46.4. The van der Waals surface area contributed by atoms with E-state index < -0.39 is 30.0 Å². The maximum Gasteiger partial charge on any atom is 0.339 e. The third kappa shape index (κ3) is 13.6. The van der Waals surface area contributed by atoms with Crippen LogP contribution in [0.5, 0.6) is 11.5 Å². The Balaban J connectivity index is 0.000000226. The highest BCUT2D eigenvalue weighted by Gasteiger charge is 2.42. The van der Waals surface area contributed by atoms with Gasteiger partial charge in [-0.05, 0) is 135 Å². The Labute approximate surface area is 457 Å². The molecule has 0 spiro atoms. The number of ketones is 1. The quantitative estimate of drug-likeness (QED) is 0.0408. The number of carbonyl (C=O) groups is 5. The highest BCUT2D eigenvalue weighted by Crippen LogP contribution is 2.52. The number of hydrogen-bond acceptors (Lipinski definition) is 12. The SMILES string of the molecule is CC1(C)CCC(C)(C)c2c(N3CCN(CCC(=O)O)CC3)cc(C(=O)/C=C/c3ccc(C(=O)O)c(O)c3)cc21.CC1(C)CCC(C)(C)c2c(N3CCN(CCC(=O)O)CC3)cc(C(O)/C=C/c3ccc(C(=O)O)c(O)c3)cc21. The molecule has 2 saturated heterocycles. The zero-order chi connectivity index (χ0) is 57.1. The van der Waals surface area contributed by atoms with Gasteiger partial charge in [-0.3, -0.25) is 24.2 Å². The Kier molecular flexibility index (Phi) is 17.7. The monoisotopic (exact) mass is 1070 g/mol. The van der Waals surface area contributed by atoms with Crippen LogP contribution in [0.1, 0.15) is 170 Å². The lowest BCUT2D eigenvalue weighted by Crippen LogP contribution is -2.48. The number of phenols is 2. The summed E-state index contributed by atoms with van der Waals surface area (Å²) in [5.41, 5.74) is 9.16. The number of aromatic carboxylic acids is 2. The second-order valence-corrected chi connectivity index (χ2v) is 24.0. The molecule has 1 atom stereocenters. The van der Waals surface area contributed by atoms with Crippen molar-refractivity contribution in [1.29, 1.82) is 0 Å². The molecule has 1 unspecified atom stereocenters. The molecule has 0 radical (unpaired) electrons. The number of carboxylic acid groups (broad SMARTS) is 4. The minimum absolute atomic E-state index is 0.0244. The van der Waals surface area contributed by atoms with Gasteiger partial charge < -0.3 is 45.5 Å². The topological polar surface area (TPSA) is 240 Å². The Morgan fingerprint density at radius 1 is 0.526 bits per heavy atom. The first-order valence-electron chi connectivity index (χ1n) is 27.0. The fourth-order valence-electron chi connectivity index (χ4n) is 11.5. The highest BCUT2D eigenvalue weighted by molar-refractivity contribution is 6.08. The van der Waals surface area contributed by atoms with E-state index in [-0.39, 0.29) is 62.9 Å². The third-order valence-corrected chi connectivity index (χ3v) is 16.6. The van der Waals surface area contributed by atoms with Gasteiger partial charge in [0.15, 0.2) is 5.78 Å². The fraction of sp³-hybridized carbons (Fsp3) is 0.468. The van der Waals surface area contributed by atoms with Gasteiger partial charge in [0, 0.05) is 82.4 Å². The summed E-state index contributed by atoms with van der Waals surface area (Å²) in [4.78, 5) is 66.9. The van der Waals surface area contributed by atoms with Gasteiger partial charge in [-0.25, -0.2) is 9.59 Å². The van der Waals surface area contributed by atoms with Gasteiger partial charge >= 0.3 is 23.9 Å². The average Bonchev–Trinajstić information content (AvgIpc) is 3.39. The van der Waals surface area contributed by atoms with E-state index in [2.05, 4.69) is 87.1 Å². The number of carbonyl (C=O) groups excluding carboxylic acids is 1. The van der Waals surface area contributed by atoms with Crippen LogP contribution in [0.3, 0.4) is 0 Å². The summed E-state index contributed by atoms with van der Waals surface area (Å²) in [6.45, 7) is 25.3. The van der Waals surface area contributed by atoms with Crippen LogP contribution in [0.4, 0.5) is 11.4 Å². The number of anilines is 2. The van der Waals surface area contributed by atoms with Crippen LogP contribution in [0.25, 0.3) is 12.2 Å². The van der Waals surface area contributed by atoms with Crippen molar-refractivity contribution in [3.05, 3.63) is 128 Å². The summed E-state index contributed by atoms with van der Waals surface area (Å²) in [5.74, 6) is -4.81. The molecule has 2 heterocycles. The van der Waals surface area contributed by atoms with E-state index in [0.29, 0.717) is 29.8 Å². The lowest BCUT2D eigenvalue weighted by molar-refractivity contribution is -0.138. The number of aliphatic hydroxyl groups excluding tert-OH is 1. The van der Waals surface area contributed by atoms with Gasteiger partial charge in [0.1, 0.15) is 22.6 Å². The van der Waals surface area contributed by atoms with Crippen molar-refractivity contribution in [3.63, 3.8) is 0 Å². The second kappa shape index (κ2) is 23.5. The highest BCUT2D eigenvalue weighted by atomic mass is 16.4. The van der Waals surface area contributed by atoms with Crippen LogP contribution in [0.15, 0.2) is 72.8 Å². The van der Waals surface area contributed by atoms with Crippen LogP contribution in [0.2, 0.25) is 0 Å². The number of piperazine rings is 2. The van der Waals surface area contributed by atoms with Gasteiger partial charge in [0.05, 0.1) is 18.9 Å². The lowest BCUT2D eigenvalue weighted by Gasteiger charge is -2.46. The minimum Gasteiger partial charge on any atom is -0.507 e. The summed E-state index contributed by atoms with van der Waals surface area (Å²) < 4.78 is 0. The number of benzene rings is 4. The number of hydrogen-bond donors (Lipinski definition) is 7. The average molecular weight is 1070 g/mol. The number of allylic oxidation sites excluding steroid dienone is 1. The summed E-state index contributed by atoms with van der Waals surface area (Å²) in [5, 5.41) is 67.7. The van der Waals surface area contributed by atoms with Gasteiger partial charge in [-0.15, -0.1) is 0 Å². The normalized spacial score (nSPS) is 19.1. The smallest absolute Gasteiger partial charge is 0.339 e. The Morgan fingerprint density at radius 3 is 1.36 bits per heavy atom. The predicted molar refractivity (Wildman–Crippen MR) is 303 cm³/mol. The Morgan fingerprint density at radius 2 is 0.936 bits per heavy atom. The van der Waals surface area contributed by atoms with E-state index in [1.165, 1.54) is 52.6 Å². The largest absolute Gasteiger partial charge is 0.507 e. The van der Waals surface area contributed by atoms with Crippen LogP contribution in [0, 0.1) is 0 Å². The molecule has 7 N–H and O–H groups in total. The number of aliphatic hydroxyl groups is 1. The molecule has 0 saturated carbocycles. The molecule has 0 amide bonds. The standard InChI is InChI=1S/C31H40N2O6.C31H38N2O6/c2*1-30(2)10-11-31(3,4)28-23(30)18-21(19-24(28)33-15-13-32(14-16-33)12-9-27(36)37)25(34)8-6-20-5-7-22(29(38)39)26(35)17-20/h5-8,17-19,25,34-35H,9-16H2,1-4H3,(H,36,37)(H,38,39);5-8,17-19,35H,9-16H2,1-4H3,(H,36,37)(H,38,39)/b2*8-6+. The molecule has 4 aliphatic rings. The zero-order valence-corrected chi connectivity index (χ0v) is 46.4. The maximum absolute atomic E-state index is 13.4. The maximum atomic E-state index is 13.4. The molecule has 0 bridgehead atoms. The van der Waals surface area contributed by atoms with Gasteiger partial charge in [-0.2, -0.15) is 0 Å². The molecule has 0 aromatic heterocycles. The van der Waals surface area contributed by atoms with E-state index >= 15 is 0 Å². The van der Waals surface area contributed by atoms with E-state index in [1.54, 1.807) is 30.4 Å². The van der Waals surface area contributed by atoms with E-state index in [4.69, 9.17) is 20.4 Å². The summed E-state index contributed by atoms with van der Waals surface area (Å²) in [6.07, 6.45) is 9.93. The number of carboxylic acids is 4. The number of aromatic hydroxyl groups is 2. The van der Waals surface area contributed by atoms with Crippen LogP contribution >= 0.6 is 0 Å². The summed E-state index contributed by atoms with van der Waals surface area (Å²) in [6, 6.07) is 16.8. The van der Waals surface area contributed by atoms with E-state index in [1.807, 2.05) is 12.1 Å². The van der Waals surface area contributed by atoms with Crippen molar-refractivity contribution in [2.24, 2.45) is 0 Å². The van der Waals surface area contributed by atoms with Gasteiger partial charge in [0.2, 0.25) is 0 Å². The first kappa shape index (κ1) is 58.7. The number of aliphatic carboxylic acids is 2. The van der Waals surface area contributed by atoms with Crippen molar-refractivity contribution in [2.75, 3.05) is 75.2 Å². The number of rotatable bonds is 16. The van der Waals surface area contributed by atoms with E-state index in [0.717, 1.165) is 95.0 Å². The third-order valence-electron chi connectivity index (χ3n) is 16.6. The fourth-order valence-corrected chi connectivity index (χ4v) is 11.5. The molecular formula is C62H78N4O12. The molecule has 2 aliphatic heterocycles. The molecule has 2 aliphatic carbocycles. The number of fused-ring (bicyclic) bond motifs is 2. The molecule has 418 valence electrons. The molecule has 2 fully saturated rings. The van der Waals surface area contributed by atoms with E-state index in [9.17, 15) is 39.3 Å². The van der Waals surface area contributed by atoms with Crippen molar-refractivity contribution in [2.45, 2.75) is 122 Å². The summed E-state index contributed by atoms with van der Waals surface area (Å²) >= 11 is 0. The molecule has 78 heavy (non-hydrogen) atoms. The number of nitrogens with zero attached hydrogens (tertiary/aromatic N) is 4. The molecular weight excluding hydrogens is 993 g/mol. The van der Waals surface area contributed by atoms with Crippen LogP contribution < -0.4 is 9.80 Å². The first-order valence-corrected chi connectivity index (χ1v) is 27.0. The molecule has 16 nitrogen and oxygen atoms in total. The molecule has 4 aromatic rings. The van der Waals surface area contributed by atoms with Crippen molar-refractivity contribution in [3.8, 4) is 11.5 Å². The predicted octanol–water partition coefficient (Wildman–Crippen LogP) is 9.72. The lowest BCUT2D eigenvalue weighted by atomic mass is 9.62. The first-order chi connectivity index (χ1) is 36.6. The van der Waals surface area contributed by atoms with Crippen LogP contribution in [-0.2, 0) is 31.2 Å². The summed E-state index contributed by atoms with van der Waals surface area (Å²) in [7, 11) is 0. The van der Waals surface area contributed by atoms with Gasteiger partial charge in [-0.1, -0.05) is 91.8 Å².